The van der Waals surface area contributed by atoms with Crippen molar-refractivity contribution in [1.82, 2.24) is 0 Å². The summed E-state index contributed by atoms with van der Waals surface area (Å²) in [7, 11) is 0. The fourth-order valence-corrected chi connectivity index (χ4v) is 1.77. The van der Waals surface area contributed by atoms with E-state index in [0.29, 0.717) is 6.54 Å². The van der Waals surface area contributed by atoms with E-state index in [9.17, 15) is 13.2 Å². The van der Waals surface area contributed by atoms with E-state index >= 15 is 0 Å². The molecule has 0 aromatic heterocycles. The van der Waals surface area contributed by atoms with Crippen molar-refractivity contribution in [3.63, 3.8) is 0 Å². The van der Waals surface area contributed by atoms with Crippen LogP contribution in [0.2, 0.25) is 0 Å². The van der Waals surface area contributed by atoms with E-state index in [2.05, 4.69) is 10.1 Å². The summed E-state index contributed by atoms with van der Waals surface area (Å²) < 4.78 is 39.9. The Morgan fingerprint density at radius 3 is 2.35 bits per heavy atom. The van der Waals surface area contributed by atoms with Gasteiger partial charge in [-0.1, -0.05) is 24.3 Å². The Bertz CT molecular complexity index is 564. The van der Waals surface area contributed by atoms with Crippen LogP contribution in [0.5, 0.6) is 5.75 Å². The number of alkyl halides is 3. The minimum Gasteiger partial charge on any atom is -0.406 e. The first kappa shape index (κ1) is 14.2. The number of benzene rings is 2. The van der Waals surface area contributed by atoms with Crippen LogP contribution in [0, 0.1) is 6.92 Å². The lowest BCUT2D eigenvalue weighted by atomic mass is 10.2. The normalized spacial score (nSPS) is 11.2. The molecule has 2 nitrogen and oxygen atoms in total. The molecular formula is C15H14F3NO. The minimum atomic E-state index is -4.65. The van der Waals surface area contributed by atoms with Gasteiger partial charge in [0.05, 0.1) is 0 Å². The van der Waals surface area contributed by atoms with E-state index < -0.39 is 6.36 Å². The summed E-state index contributed by atoms with van der Waals surface area (Å²) in [6.45, 7) is 2.53. The van der Waals surface area contributed by atoms with Crippen molar-refractivity contribution in [2.24, 2.45) is 0 Å². The predicted octanol–water partition coefficient (Wildman–Crippen LogP) is 4.51. The highest BCUT2D eigenvalue weighted by Gasteiger charge is 2.30. The molecule has 1 N–H and O–H groups in total. The Labute approximate surface area is 115 Å². The summed E-state index contributed by atoms with van der Waals surface area (Å²) in [4.78, 5) is 0. The van der Waals surface area contributed by atoms with E-state index in [1.165, 1.54) is 12.1 Å². The zero-order chi connectivity index (χ0) is 14.6. The number of ether oxygens (including phenoxy) is 1. The van der Waals surface area contributed by atoms with E-state index in [1.807, 2.05) is 31.2 Å². The Morgan fingerprint density at radius 2 is 1.75 bits per heavy atom. The average molecular weight is 281 g/mol. The zero-order valence-electron chi connectivity index (χ0n) is 10.9. The Morgan fingerprint density at radius 1 is 1.05 bits per heavy atom. The van der Waals surface area contributed by atoms with Gasteiger partial charge in [-0.05, 0) is 42.3 Å². The second-order valence-electron chi connectivity index (χ2n) is 4.41. The molecule has 2 aromatic rings. The van der Waals surface area contributed by atoms with Gasteiger partial charge in [0.25, 0.3) is 0 Å². The summed E-state index contributed by atoms with van der Waals surface area (Å²) in [6.07, 6.45) is -4.65. The van der Waals surface area contributed by atoms with Gasteiger partial charge < -0.3 is 10.1 Å². The van der Waals surface area contributed by atoms with Gasteiger partial charge in [-0.3, -0.25) is 0 Å². The van der Waals surface area contributed by atoms with Gasteiger partial charge in [0.15, 0.2) is 0 Å². The van der Waals surface area contributed by atoms with E-state index in [1.54, 1.807) is 12.1 Å². The quantitative estimate of drug-likeness (QED) is 0.890. The average Bonchev–Trinajstić information content (AvgIpc) is 2.36. The number of aryl methyl sites for hydroxylation is 1. The molecular weight excluding hydrogens is 267 g/mol. The molecule has 2 rings (SSSR count). The Hall–Kier alpha value is -2.17. The maximum Gasteiger partial charge on any atom is 0.573 e. The largest absolute Gasteiger partial charge is 0.573 e. The molecule has 5 heteroatoms. The van der Waals surface area contributed by atoms with Crippen LogP contribution in [0.3, 0.4) is 0 Å². The minimum absolute atomic E-state index is 0.211. The van der Waals surface area contributed by atoms with Crippen LogP contribution >= 0.6 is 0 Å². The van der Waals surface area contributed by atoms with Crippen molar-refractivity contribution in [3.8, 4) is 5.75 Å². The molecule has 0 aliphatic rings. The molecule has 0 amide bonds. The molecule has 0 saturated heterocycles. The standard InChI is InChI=1S/C15H14F3NO/c1-11-3-2-4-13(9-11)19-10-12-5-7-14(8-6-12)20-15(16,17)18/h2-9,19H,10H2,1H3. The molecule has 0 unspecified atom stereocenters. The van der Waals surface area contributed by atoms with Crippen molar-refractivity contribution >= 4 is 5.69 Å². The second kappa shape index (κ2) is 5.86. The molecule has 0 aliphatic heterocycles. The van der Waals surface area contributed by atoms with Crippen molar-refractivity contribution in [3.05, 3.63) is 59.7 Å². The summed E-state index contributed by atoms with van der Waals surface area (Å²) in [5, 5.41) is 3.21. The molecule has 0 aliphatic carbocycles. The number of hydrogen-bond acceptors (Lipinski definition) is 2. The van der Waals surface area contributed by atoms with Gasteiger partial charge in [-0.15, -0.1) is 13.2 Å². The van der Waals surface area contributed by atoms with E-state index in [4.69, 9.17) is 0 Å². The molecule has 2 aromatic carbocycles. The van der Waals surface area contributed by atoms with Gasteiger partial charge in [0.2, 0.25) is 0 Å². The van der Waals surface area contributed by atoms with Crippen molar-refractivity contribution in [2.75, 3.05) is 5.32 Å². The number of halogens is 3. The number of anilines is 1. The predicted molar refractivity (Wildman–Crippen MR) is 71.6 cm³/mol. The first-order chi connectivity index (χ1) is 9.42. The number of nitrogens with one attached hydrogen (secondary N) is 1. The highest BCUT2D eigenvalue weighted by atomic mass is 19.4. The third-order valence-electron chi connectivity index (χ3n) is 2.67. The first-order valence-corrected chi connectivity index (χ1v) is 6.08. The van der Waals surface area contributed by atoms with Gasteiger partial charge in [-0.2, -0.15) is 0 Å². The molecule has 0 spiro atoms. The summed E-state index contributed by atoms with van der Waals surface area (Å²) >= 11 is 0. The van der Waals surface area contributed by atoms with Crippen LogP contribution in [0.1, 0.15) is 11.1 Å². The smallest absolute Gasteiger partial charge is 0.406 e. The Balaban J connectivity index is 1.94. The lowest BCUT2D eigenvalue weighted by Gasteiger charge is -2.10. The van der Waals surface area contributed by atoms with Crippen molar-refractivity contribution in [2.45, 2.75) is 19.8 Å². The molecule has 0 heterocycles. The summed E-state index contributed by atoms with van der Waals surface area (Å²) in [6, 6.07) is 13.7. The van der Waals surface area contributed by atoms with E-state index in [0.717, 1.165) is 16.8 Å². The highest BCUT2D eigenvalue weighted by Crippen LogP contribution is 2.23. The fourth-order valence-electron chi connectivity index (χ4n) is 1.77. The SMILES string of the molecule is Cc1cccc(NCc2ccc(OC(F)(F)F)cc2)c1. The van der Waals surface area contributed by atoms with Crippen LogP contribution in [-0.4, -0.2) is 6.36 Å². The maximum atomic E-state index is 12.0. The van der Waals surface area contributed by atoms with Gasteiger partial charge in [-0.25, -0.2) is 0 Å². The van der Waals surface area contributed by atoms with Gasteiger partial charge >= 0.3 is 6.36 Å². The van der Waals surface area contributed by atoms with Gasteiger partial charge in [0.1, 0.15) is 5.75 Å². The number of rotatable bonds is 4. The molecule has 0 atom stereocenters. The lowest BCUT2D eigenvalue weighted by Crippen LogP contribution is -2.17. The number of hydrogen-bond donors (Lipinski definition) is 1. The fraction of sp³-hybridized carbons (Fsp3) is 0.200. The monoisotopic (exact) mass is 281 g/mol. The summed E-state index contributed by atoms with van der Waals surface area (Å²) in [5.41, 5.74) is 2.99. The van der Waals surface area contributed by atoms with Crippen LogP contribution in [0.25, 0.3) is 0 Å². The van der Waals surface area contributed by atoms with Crippen molar-refractivity contribution < 1.29 is 17.9 Å². The molecule has 0 bridgehead atoms. The third kappa shape index (κ3) is 4.50. The Kier molecular flexibility index (Phi) is 4.17. The summed E-state index contributed by atoms with van der Waals surface area (Å²) in [5.74, 6) is -0.211. The molecule has 106 valence electrons. The van der Waals surface area contributed by atoms with Crippen LogP contribution in [0.4, 0.5) is 18.9 Å². The second-order valence-corrected chi connectivity index (χ2v) is 4.41. The van der Waals surface area contributed by atoms with Crippen LogP contribution in [0.15, 0.2) is 48.5 Å². The molecule has 0 fully saturated rings. The lowest BCUT2D eigenvalue weighted by molar-refractivity contribution is -0.274. The van der Waals surface area contributed by atoms with Crippen LogP contribution in [-0.2, 0) is 6.54 Å². The first-order valence-electron chi connectivity index (χ1n) is 6.08. The third-order valence-corrected chi connectivity index (χ3v) is 2.67. The van der Waals surface area contributed by atoms with E-state index in [-0.39, 0.29) is 5.75 Å². The highest BCUT2D eigenvalue weighted by molar-refractivity contribution is 5.46. The van der Waals surface area contributed by atoms with Crippen LogP contribution < -0.4 is 10.1 Å². The molecule has 0 saturated carbocycles. The molecule has 0 radical (unpaired) electrons. The van der Waals surface area contributed by atoms with Gasteiger partial charge in [0, 0.05) is 12.2 Å². The molecule has 20 heavy (non-hydrogen) atoms. The van der Waals surface area contributed by atoms with Crippen molar-refractivity contribution in [1.29, 1.82) is 0 Å². The topological polar surface area (TPSA) is 21.3 Å². The maximum absolute atomic E-state index is 12.0. The zero-order valence-corrected chi connectivity index (χ0v) is 10.9.